The van der Waals surface area contributed by atoms with Crippen LogP contribution >= 0.6 is 11.3 Å². The van der Waals surface area contributed by atoms with Gasteiger partial charge in [-0.25, -0.2) is 9.97 Å². The lowest BCUT2D eigenvalue weighted by atomic mass is 9.89. The molecule has 2 aliphatic rings. The molecule has 1 saturated carbocycles. The zero-order chi connectivity index (χ0) is 15.1. The maximum atomic E-state index is 4.78. The van der Waals surface area contributed by atoms with Crippen LogP contribution in [0.1, 0.15) is 61.7 Å². The van der Waals surface area contributed by atoms with Crippen molar-refractivity contribution >= 4 is 27.4 Å². The van der Waals surface area contributed by atoms with Gasteiger partial charge in [0.15, 0.2) is 0 Å². The summed E-state index contributed by atoms with van der Waals surface area (Å²) in [5.74, 6) is 2.82. The number of aryl methyl sites for hydroxylation is 2. The van der Waals surface area contributed by atoms with E-state index in [0.717, 1.165) is 17.6 Å². The maximum absolute atomic E-state index is 4.78. The van der Waals surface area contributed by atoms with Gasteiger partial charge < -0.3 is 5.32 Å². The van der Waals surface area contributed by atoms with E-state index >= 15 is 0 Å². The van der Waals surface area contributed by atoms with Crippen LogP contribution in [0, 0.1) is 12.8 Å². The van der Waals surface area contributed by atoms with Crippen LogP contribution in [-0.4, -0.2) is 16.0 Å². The molecular weight excluding hydrogens is 290 g/mol. The van der Waals surface area contributed by atoms with Gasteiger partial charge in [0.05, 0.1) is 5.39 Å². The lowest BCUT2D eigenvalue weighted by molar-refractivity contribution is 0.462. The van der Waals surface area contributed by atoms with Crippen LogP contribution in [0.25, 0.3) is 10.2 Å². The van der Waals surface area contributed by atoms with Crippen molar-refractivity contribution in [2.45, 2.75) is 71.3 Å². The second-order valence-corrected chi connectivity index (χ2v) is 8.21. The third kappa shape index (κ3) is 2.62. The van der Waals surface area contributed by atoms with E-state index in [1.54, 1.807) is 4.88 Å². The predicted molar refractivity (Wildman–Crippen MR) is 93.8 cm³/mol. The first kappa shape index (κ1) is 14.4. The average molecular weight is 315 g/mol. The molecule has 118 valence electrons. The molecule has 0 saturated heterocycles. The highest BCUT2D eigenvalue weighted by molar-refractivity contribution is 7.19. The highest BCUT2D eigenvalue weighted by Gasteiger charge is 2.24. The molecule has 4 heteroatoms. The number of thiophene rings is 1. The highest BCUT2D eigenvalue weighted by atomic mass is 32.1. The number of hydrogen-bond acceptors (Lipinski definition) is 4. The summed E-state index contributed by atoms with van der Waals surface area (Å²) >= 11 is 1.90. The number of hydrogen-bond donors (Lipinski definition) is 1. The van der Waals surface area contributed by atoms with Crippen molar-refractivity contribution in [2.75, 3.05) is 5.32 Å². The molecular formula is C18H25N3S. The molecule has 1 fully saturated rings. The Morgan fingerprint density at radius 3 is 2.73 bits per heavy atom. The van der Waals surface area contributed by atoms with E-state index in [1.165, 1.54) is 67.1 Å². The van der Waals surface area contributed by atoms with Gasteiger partial charge in [-0.3, -0.25) is 0 Å². The molecule has 1 atom stereocenters. The highest BCUT2D eigenvalue weighted by Crippen LogP contribution is 2.40. The van der Waals surface area contributed by atoms with Crippen molar-refractivity contribution < 1.29 is 0 Å². The zero-order valence-corrected chi connectivity index (χ0v) is 14.4. The fraction of sp³-hybridized carbons (Fsp3) is 0.667. The summed E-state index contributed by atoms with van der Waals surface area (Å²) < 4.78 is 0. The van der Waals surface area contributed by atoms with Gasteiger partial charge in [-0.2, -0.15) is 0 Å². The molecule has 0 amide bonds. The molecule has 3 nitrogen and oxygen atoms in total. The van der Waals surface area contributed by atoms with Gasteiger partial charge in [-0.15, -0.1) is 11.3 Å². The molecule has 4 rings (SSSR count). The molecule has 2 aromatic heterocycles. The first-order valence-corrected chi connectivity index (χ1v) is 9.58. The fourth-order valence-electron chi connectivity index (χ4n) is 3.99. The minimum absolute atomic E-state index is 0.601. The Balaban J connectivity index is 1.76. The smallest absolute Gasteiger partial charge is 0.139 e. The summed E-state index contributed by atoms with van der Waals surface area (Å²) in [4.78, 5) is 12.3. The SMILES string of the molecule is Cc1nc(NC2CCCCC2)c2c3c(sc2n1)C[C@@H](C)CC3. The molecule has 2 aromatic rings. The first-order chi connectivity index (χ1) is 10.7. The van der Waals surface area contributed by atoms with Gasteiger partial charge >= 0.3 is 0 Å². The van der Waals surface area contributed by atoms with Crippen LogP contribution in [0.15, 0.2) is 0 Å². The Morgan fingerprint density at radius 2 is 1.91 bits per heavy atom. The first-order valence-electron chi connectivity index (χ1n) is 8.76. The van der Waals surface area contributed by atoms with Gasteiger partial charge in [0.2, 0.25) is 0 Å². The lowest BCUT2D eigenvalue weighted by Gasteiger charge is -2.24. The normalized spacial score (nSPS) is 22.7. The predicted octanol–water partition coefficient (Wildman–Crippen LogP) is 4.87. The standard InChI is InChI=1S/C18H25N3S/c1-11-8-9-14-15(10-11)22-18-16(14)17(19-12(2)20-18)21-13-6-4-3-5-7-13/h11,13H,3-10H2,1-2H3,(H,19,20,21)/t11-/m0/s1. The average Bonchev–Trinajstić information content (AvgIpc) is 2.85. The third-order valence-corrected chi connectivity index (χ3v) is 6.36. The van der Waals surface area contributed by atoms with Crippen molar-refractivity contribution in [1.82, 2.24) is 9.97 Å². The summed E-state index contributed by atoms with van der Waals surface area (Å²) in [6.45, 7) is 4.39. The van der Waals surface area contributed by atoms with Gasteiger partial charge in [0.25, 0.3) is 0 Å². The largest absolute Gasteiger partial charge is 0.367 e. The van der Waals surface area contributed by atoms with Gasteiger partial charge in [-0.05, 0) is 50.5 Å². The molecule has 0 radical (unpaired) electrons. The molecule has 0 aromatic carbocycles. The van der Waals surface area contributed by atoms with E-state index in [0.29, 0.717) is 6.04 Å². The Kier molecular flexibility index (Phi) is 3.81. The van der Waals surface area contributed by atoms with Crippen molar-refractivity contribution in [2.24, 2.45) is 5.92 Å². The van der Waals surface area contributed by atoms with Crippen molar-refractivity contribution in [1.29, 1.82) is 0 Å². The topological polar surface area (TPSA) is 37.8 Å². The van der Waals surface area contributed by atoms with Crippen LogP contribution in [-0.2, 0) is 12.8 Å². The number of nitrogens with zero attached hydrogens (tertiary/aromatic N) is 2. The van der Waals surface area contributed by atoms with E-state index in [2.05, 4.69) is 12.2 Å². The molecule has 0 unspecified atom stereocenters. The second-order valence-electron chi connectivity index (χ2n) is 7.13. The Labute approximate surface area is 136 Å². The summed E-state index contributed by atoms with van der Waals surface area (Å²) in [7, 11) is 0. The minimum atomic E-state index is 0.601. The molecule has 22 heavy (non-hydrogen) atoms. The van der Waals surface area contributed by atoms with E-state index in [9.17, 15) is 0 Å². The summed E-state index contributed by atoms with van der Waals surface area (Å²) in [6.07, 6.45) is 10.4. The summed E-state index contributed by atoms with van der Waals surface area (Å²) in [5.41, 5.74) is 1.54. The van der Waals surface area contributed by atoms with E-state index in [1.807, 2.05) is 18.3 Å². The molecule has 2 heterocycles. The number of nitrogens with one attached hydrogen (secondary N) is 1. The van der Waals surface area contributed by atoms with E-state index in [-0.39, 0.29) is 0 Å². The Morgan fingerprint density at radius 1 is 1.09 bits per heavy atom. The van der Waals surface area contributed by atoms with Crippen LogP contribution in [0.4, 0.5) is 5.82 Å². The quantitative estimate of drug-likeness (QED) is 0.859. The van der Waals surface area contributed by atoms with Crippen LogP contribution in [0.2, 0.25) is 0 Å². The van der Waals surface area contributed by atoms with Gasteiger partial charge in [0.1, 0.15) is 16.5 Å². The third-order valence-electron chi connectivity index (χ3n) is 5.21. The van der Waals surface area contributed by atoms with Gasteiger partial charge in [0, 0.05) is 10.9 Å². The summed E-state index contributed by atoms with van der Waals surface area (Å²) in [5, 5.41) is 5.10. The number of anilines is 1. The number of fused-ring (bicyclic) bond motifs is 3. The van der Waals surface area contributed by atoms with Crippen LogP contribution in [0.3, 0.4) is 0 Å². The molecule has 1 N–H and O–H groups in total. The molecule has 0 spiro atoms. The summed E-state index contributed by atoms with van der Waals surface area (Å²) in [6, 6.07) is 0.601. The number of rotatable bonds is 2. The molecule has 0 bridgehead atoms. The Bertz CT molecular complexity index is 685. The van der Waals surface area contributed by atoms with E-state index in [4.69, 9.17) is 9.97 Å². The maximum Gasteiger partial charge on any atom is 0.139 e. The molecule has 0 aliphatic heterocycles. The second kappa shape index (κ2) is 5.80. The van der Waals surface area contributed by atoms with Crippen molar-refractivity contribution in [3.63, 3.8) is 0 Å². The van der Waals surface area contributed by atoms with Crippen LogP contribution < -0.4 is 5.32 Å². The van der Waals surface area contributed by atoms with Crippen molar-refractivity contribution in [3.8, 4) is 0 Å². The fourth-order valence-corrected chi connectivity index (χ4v) is 5.42. The van der Waals surface area contributed by atoms with E-state index < -0.39 is 0 Å². The zero-order valence-electron chi connectivity index (χ0n) is 13.6. The Hall–Kier alpha value is -1.16. The molecule has 2 aliphatic carbocycles. The van der Waals surface area contributed by atoms with Crippen molar-refractivity contribution in [3.05, 3.63) is 16.3 Å². The lowest BCUT2D eigenvalue weighted by Crippen LogP contribution is -2.23. The van der Waals surface area contributed by atoms with Crippen LogP contribution in [0.5, 0.6) is 0 Å². The monoisotopic (exact) mass is 315 g/mol. The number of aromatic nitrogens is 2. The minimum Gasteiger partial charge on any atom is -0.367 e. The van der Waals surface area contributed by atoms with Gasteiger partial charge in [-0.1, -0.05) is 26.2 Å².